The zero-order valence-corrected chi connectivity index (χ0v) is 21.8. The van der Waals surface area contributed by atoms with E-state index >= 15 is 0 Å². The maximum atomic E-state index is 14.2. The van der Waals surface area contributed by atoms with E-state index in [1.54, 1.807) is 18.7 Å². The number of benzene rings is 1. The van der Waals surface area contributed by atoms with Gasteiger partial charge in [-0.25, -0.2) is 19.0 Å². The lowest BCUT2D eigenvalue weighted by Gasteiger charge is -2.32. The van der Waals surface area contributed by atoms with Gasteiger partial charge < -0.3 is 25.0 Å². The Labute approximate surface area is 222 Å². The van der Waals surface area contributed by atoms with Gasteiger partial charge in [-0.3, -0.25) is 19.0 Å². The van der Waals surface area contributed by atoms with Crippen molar-refractivity contribution >= 4 is 11.8 Å². The number of piperazine rings is 1. The zero-order valence-electron chi connectivity index (χ0n) is 21.8. The van der Waals surface area contributed by atoms with Gasteiger partial charge in [-0.05, 0) is 38.6 Å². The highest BCUT2D eigenvalue weighted by Crippen LogP contribution is 2.27. The van der Waals surface area contributed by atoms with E-state index < -0.39 is 34.3 Å². The summed E-state index contributed by atoms with van der Waals surface area (Å²) in [5, 5.41) is 17.3. The Morgan fingerprint density at radius 2 is 1.92 bits per heavy atom. The van der Waals surface area contributed by atoms with Gasteiger partial charge in [-0.15, -0.1) is 5.10 Å². The highest BCUT2D eigenvalue weighted by molar-refractivity contribution is 5.94. The van der Waals surface area contributed by atoms with Crippen LogP contribution in [0.25, 0.3) is 5.69 Å². The summed E-state index contributed by atoms with van der Waals surface area (Å²) < 4.78 is 22.4. The van der Waals surface area contributed by atoms with Crippen LogP contribution < -0.4 is 10.9 Å². The predicted molar refractivity (Wildman–Crippen MR) is 135 cm³/mol. The second-order valence-corrected chi connectivity index (χ2v) is 10.0. The molecule has 0 unspecified atom stereocenters. The van der Waals surface area contributed by atoms with Gasteiger partial charge in [0.1, 0.15) is 23.6 Å². The molecule has 1 aromatic carbocycles. The van der Waals surface area contributed by atoms with Gasteiger partial charge in [-0.2, -0.15) is 0 Å². The molecular formula is C25H29FN8O5. The number of fused-ring (bicyclic) bond motifs is 1. The molecule has 13 nitrogen and oxygen atoms in total. The predicted octanol–water partition coefficient (Wildman–Crippen LogP) is 0.252. The lowest BCUT2D eigenvalue weighted by molar-refractivity contribution is -0.0566. The van der Waals surface area contributed by atoms with Crippen LogP contribution in [0.2, 0.25) is 0 Å². The molecule has 1 fully saturated rings. The van der Waals surface area contributed by atoms with E-state index in [4.69, 9.17) is 4.74 Å². The molecule has 14 heteroatoms. The summed E-state index contributed by atoms with van der Waals surface area (Å²) >= 11 is 0. The van der Waals surface area contributed by atoms with Crippen LogP contribution >= 0.6 is 0 Å². The summed E-state index contributed by atoms with van der Waals surface area (Å²) in [5.41, 5.74) is -1.39. The average molecular weight is 541 g/mol. The van der Waals surface area contributed by atoms with Crippen molar-refractivity contribution in [3.05, 3.63) is 63.6 Å². The number of hydrogen-bond donors (Lipinski definition) is 2. The third kappa shape index (κ3) is 5.12. The third-order valence-corrected chi connectivity index (χ3v) is 6.88. The van der Waals surface area contributed by atoms with Crippen molar-refractivity contribution in [1.82, 2.24) is 39.4 Å². The number of amides is 2. The smallest absolute Gasteiger partial charge is 0.296 e. The molecule has 2 N–H and O–H groups in total. The van der Waals surface area contributed by atoms with E-state index in [0.29, 0.717) is 18.7 Å². The van der Waals surface area contributed by atoms with Crippen LogP contribution in [0.4, 0.5) is 4.39 Å². The second kappa shape index (κ2) is 10.2. The minimum atomic E-state index is -0.934. The molecule has 0 bridgehead atoms. The first-order chi connectivity index (χ1) is 18.5. The molecule has 2 aromatic heterocycles. The van der Waals surface area contributed by atoms with Crippen molar-refractivity contribution in [1.29, 1.82) is 0 Å². The Hall–Kier alpha value is -4.17. The van der Waals surface area contributed by atoms with Crippen LogP contribution in [0, 0.1) is 5.82 Å². The molecule has 206 valence electrons. The molecule has 39 heavy (non-hydrogen) atoms. The highest BCUT2D eigenvalue weighted by Gasteiger charge is 2.34. The van der Waals surface area contributed by atoms with Gasteiger partial charge >= 0.3 is 0 Å². The largest absolute Gasteiger partial charge is 0.501 e. The summed E-state index contributed by atoms with van der Waals surface area (Å²) in [4.78, 5) is 50.7. The number of carbonyl (C=O) groups is 2. The Kier molecular flexibility index (Phi) is 6.91. The molecule has 0 aliphatic carbocycles. The average Bonchev–Trinajstić information content (AvgIpc) is 3.40. The fourth-order valence-electron chi connectivity index (χ4n) is 4.61. The van der Waals surface area contributed by atoms with E-state index in [1.165, 1.54) is 33.8 Å². The van der Waals surface area contributed by atoms with Crippen molar-refractivity contribution in [2.75, 3.05) is 39.8 Å². The first-order valence-electron chi connectivity index (χ1n) is 12.5. The molecular weight excluding hydrogens is 511 g/mol. The normalized spacial score (nSPS) is 17.1. The van der Waals surface area contributed by atoms with Crippen LogP contribution in [0.5, 0.6) is 5.75 Å². The lowest BCUT2D eigenvalue weighted by atomic mass is 10.1. The number of nitrogens with one attached hydrogen (secondary N) is 1. The van der Waals surface area contributed by atoms with Crippen molar-refractivity contribution in [2.45, 2.75) is 32.5 Å². The number of rotatable bonds is 5. The van der Waals surface area contributed by atoms with Gasteiger partial charge in [-0.1, -0.05) is 6.07 Å². The molecule has 3 aromatic rings. The monoisotopic (exact) mass is 540 g/mol. The van der Waals surface area contributed by atoms with Crippen molar-refractivity contribution in [3.63, 3.8) is 0 Å². The van der Waals surface area contributed by atoms with Gasteiger partial charge in [0.25, 0.3) is 17.4 Å². The lowest BCUT2D eigenvalue weighted by Crippen LogP contribution is -2.47. The minimum absolute atomic E-state index is 0.0210. The minimum Gasteiger partial charge on any atom is -0.501 e. The van der Waals surface area contributed by atoms with Crippen LogP contribution in [-0.4, -0.2) is 90.9 Å². The third-order valence-electron chi connectivity index (χ3n) is 6.88. The second-order valence-electron chi connectivity index (χ2n) is 10.0. The SMILES string of the molecule is CN1CCN(C(=O)c2ncn(-c3cc(F)ccc3CNC(=O)c3nc4n(c(=O)c3O)CCOC4(C)C)n2)CC1. The van der Waals surface area contributed by atoms with E-state index in [-0.39, 0.29) is 42.9 Å². The zero-order chi connectivity index (χ0) is 27.9. The fourth-order valence-corrected chi connectivity index (χ4v) is 4.61. The molecule has 4 heterocycles. The van der Waals surface area contributed by atoms with Crippen LogP contribution in [0.3, 0.4) is 0 Å². The van der Waals surface area contributed by atoms with Gasteiger partial charge in [0, 0.05) is 32.7 Å². The quantitative estimate of drug-likeness (QED) is 0.465. The van der Waals surface area contributed by atoms with E-state index in [1.807, 2.05) is 7.05 Å². The molecule has 0 spiro atoms. The fraction of sp³-hybridized carbons (Fsp3) is 0.440. The van der Waals surface area contributed by atoms with E-state index in [0.717, 1.165) is 13.1 Å². The number of aromatic hydroxyl groups is 1. The molecule has 0 saturated carbocycles. The summed E-state index contributed by atoms with van der Waals surface area (Å²) in [5.74, 6) is -2.23. The van der Waals surface area contributed by atoms with Crippen LogP contribution in [0.1, 0.15) is 46.3 Å². The number of aromatic nitrogens is 5. The van der Waals surface area contributed by atoms with Gasteiger partial charge in [0.15, 0.2) is 5.69 Å². The summed E-state index contributed by atoms with van der Waals surface area (Å²) in [6, 6.07) is 3.89. The molecule has 2 aliphatic heterocycles. The van der Waals surface area contributed by atoms with Crippen LogP contribution in [-0.2, 0) is 23.4 Å². The Bertz CT molecular complexity index is 1490. The van der Waals surface area contributed by atoms with E-state index in [9.17, 15) is 23.9 Å². The maximum Gasteiger partial charge on any atom is 0.296 e. The Morgan fingerprint density at radius 1 is 1.18 bits per heavy atom. The van der Waals surface area contributed by atoms with Crippen LogP contribution in [0.15, 0.2) is 29.3 Å². The summed E-state index contributed by atoms with van der Waals surface area (Å²) in [6.07, 6.45) is 1.31. The number of halogens is 1. The van der Waals surface area contributed by atoms with Crippen molar-refractivity contribution in [2.24, 2.45) is 0 Å². The molecule has 2 aliphatic rings. The standard InChI is InChI=1S/C25H29FN8O5/c1-25(2)24-29-18(19(35)22(37)33(24)10-11-39-25)21(36)27-13-15-4-5-16(26)12-17(15)34-14-28-20(30-34)23(38)32-8-6-31(3)7-9-32/h4-5,12,14,35H,6-11,13H2,1-3H3,(H,27,36). The Morgan fingerprint density at radius 3 is 2.67 bits per heavy atom. The number of hydrogen-bond acceptors (Lipinski definition) is 9. The first kappa shape index (κ1) is 26.4. The molecule has 0 atom stereocenters. The number of ether oxygens (including phenoxy) is 1. The van der Waals surface area contributed by atoms with Crippen molar-refractivity contribution in [3.8, 4) is 11.4 Å². The van der Waals surface area contributed by atoms with Crippen molar-refractivity contribution < 1.29 is 23.8 Å². The number of carbonyl (C=O) groups excluding carboxylic acids is 2. The summed E-state index contributed by atoms with van der Waals surface area (Å²) in [7, 11) is 1.98. The first-order valence-corrected chi connectivity index (χ1v) is 12.5. The topological polar surface area (TPSA) is 148 Å². The molecule has 5 rings (SSSR count). The molecule has 2 amide bonds. The Balaban J connectivity index is 1.37. The van der Waals surface area contributed by atoms with Gasteiger partial charge in [0.05, 0.1) is 18.8 Å². The molecule has 0 radical (unpaired) electrons. The van der Waals surface area contributed by atoms with Gasteiger partial charge in [0.2, 0.25) is 11.6 Å². The molecule has 1 saturated heterocycles. The number of likely N-dealkylation sites (N-methyl/N-ethyl adjacent to an activating group) is 1. The number of nitrogens with zero attached hydrogens (tertiary/aromatic N) is 7. The maximum absolute atomic E-state index is 14.2. The van der Waals surface area contributed by atoms with E-state index in [2.05, 4.69) is 25.3 Å². The summed E-state index contributed by atoms with van der Waals surface area (Å²) in [6.45, 7) is 6.38. The highest BCUT2D eigenvalue weighted by atomic mass is 19.1.